The second kappa shape index (κ2) is 6.72. The van der Waals surface area contributed by atoms with Gasteiger partial charge in [0.25, 0.3) is 0 Å². The van der Waals surface area contributed by atoms with Crippen LogP contribution in [0, 0.1) is 5.92 Å². The van der Waals surface area contributed by atoms with Gasteiger partial charge in [-0.1, -0.05) is 30.3 Å². The van der Waals surface area contributed by atoms with E-state index in [1.807, 2.05) is 37.3 Å². The average Bonchev–Trinajstić information content (AvgIpc) is 3.31. The Morgan fingerprint density at radius 2 is 1.90 bits per heavy atom. The van der Waals surface area contributed by atoms with Gasteiger partial charge in [0.2, 0.25) is 11.8 Å². The Kier molecular flexibility index (Phi) is 4.96. The molecule has 1 aromatic carbocycles. The summed E-state index contributed by atoms with van der Waals surface area (Å²) in [7, 11) is 0. The summed E-state index contributed by atoms with van der Waals surface area (Å²) in [4.78, 5) is 23.6. The third kappa shape index (κ3) is 4.56. The van der Waals surface area contributed by atoms with Crippen LogP contribution in [-0.2, 0) is 16.0 Å². The van der Waals surface area contributed by atoms with Crippen molar-refractivity contribution < 1.29 is 14.7 Å². The molecule has 1 unspecified atom stereocenters. The first-order valence-electron chi connectivity index (χ1n) is 7.26. The van der Waals surface area contributed by atoms with E-state index in [9.17, 15) is 14.7 Å². The molecule has 0 spiro atoms. The standard InChI is InChI=1S/C16H22N2O3/c1-16(11-19,13-7-8-13)18-15(21)10-17-14(20)9-12-5-3-2-4-6-12/h2-6,13,19H,7-11H2,1H3,(H,17,20)(H,18,21). The second-order valence-corrected chi connectivity index (χ2v) is 5.84. The molecule has 5 heteroatoms. The molecular formula is C16H22N2O3. The molecule has 114 valence electrons. The van der Waals surface area contributed by atoms with Crippen LogP contribution in [0.3, 0.4) is 0 Å². The fraction of sp³-hybridized carbons (Fsp3) is 0.500. The van der Waals surface area contributed by atoms with Crippen molar-refractivity contribution in [2.75, 3.05) is 13.2 Å². The first-order valence-corrected chi connectivity index (χ1v) is 7.26. The van der Waals surface area contributed by atoms with Crippen LogP contribution in [0.4, 0.5) is 0 Å². The molecule has 1 aromatic rings. The lowest BCUT2D eigenvalue weighted by Gasteiger charge is -2.28. The van der Waals surface area contributed by atoms with E-state index in [2.05, 4.69) is 10.6 Å². The topological polar surface area (TPSA) is 78.4 Å². The number of carbonyl (C=O) groups excluding carboxylic acids is 2. The van der Waals surface area contributed by atoms with Gasteiger partial charge in [-0.25, -0.2) is 0 Å². The van der Waals surface area contributed by atoms with Gasteiger partial charge in [0.05, 0.1) is 25.1 Å². The Labute approximate surface area is 124 Å². The molecular weight excluding hydrogens is 268 g/mol. The van der Waals surface area contributed by atoms with Crippen LogP contribution in [-0.4, -0.2) is 35.6 Å². The summed E-state index contributed by atoms with van der Waals surface area (Å²) in [6, 6.07) is 9.38. The summed E-state index contributed by atoms with van der Waals surface area (Å²) >= 11 is 0. The van der Waals surface area contributed by atoms with E-state index in [1.54, 1.807) is 0 Å². The molecule has 2 rings (SSSR count). The van der Waals surface area contributed by atoms with Crippen molar-refractivity contribution >= 4 is 11.8 Å². The minimum atomic E-state index is -0.568. The van der Waals surface area contributed by atoms with Crippen molar-refractivity contribution in [3.63, 3.8) is 0 Å². The summed E-state index contributed by atoms with van der Waals surface area (Å²) in [6.45, 7) is 1.70. The summed E-state index contributed by atoms with van der Waals surface area (Å²) in [6.07, 6.45) is 2.31. The van der Waals surface area contributed by atoms with E-state index in [0.29, 0.717) is 5.92 Å². The first-order chi connectivity index (χ1) is 10.0. The molecule has 1 aliphatic carbocycles. The number of aliphatic hydroxyl groups is 1. The summed E-state index contributed by atoms with van der Waals surface area (Å²) in [5, 5.41) is 14.8. The number of nitrogens with one attached hydrogen (secondary N) is 2. The molecule has 0 aromatic heterocycles. The number of amides is 2. The Bertz CT molecular complexity index is 500. The summed E-state index contributed by atoms with van der Waals surface area (Å²) < 4.78 is 0. The molecule has 3 N–H and O–H groups in total. The number of rotatable bonds is 7. The Hall–Kier alpha value is -1.88. The van der Waals surface area contributed by atoms with Crippen LogP contribution in [0.15, 0.2) is 30.3 Å². The Balaban J connectivity index is 1.74. The Morgan fingerprint density at radius 1 is 1.24 bits per heavy atom. The van der Waals surface area contributed by atoms with E-state index in [4.69, 9.17) is 0 Å². The smallest absolute Gasteiger partial charge is 0.239 e. The zero-order valence-electron chi connectivity index (χ0n) is 12.3. The molecule has 1 aliphatic rings. The first kappa shape index (κ1) is 15.5. The largest absolute Gasteiger partial charge is 0.394 e. The fourth-order valence-corrected chi connectivity index (χ4v) is 2.38. The maximum Gasteiger partial charge on any atom is 0.239 e. The van der Waals surface area contributed by atoms with Gasteiger partial charge in [0.15, 0.2) is 0 Å². The summed E-state index contributed by atoms with van der Waals surface area (Å²) in [5.74, 6) is -0.111. The fourth-order valence-electron chi connectivity index (χ4n) is 2.38. The molecule has 1 saturated carbocycles. The van der Waals surface area contributed by atoms with Crippen molar-refractivity contribution in [3.8, 4) is 0 Å². The van der Waals surface area contributed by atoms with Crippen LogP contribution in [0.2, 0.25) is 0 Å². The number of benzene rings is 1. The van der Waals surface area contributed by atoms with Gasteiger partial charge in [-0.15, -0.1) is 0 Å². The highest BCUT2D eigenvalue weighted by molar-refractivity contribution is 5.86. The quantitative estimate of drug-likeness (QED) is 0.689. The van der Waals surface area contributed by atoms with Gasteiger partial charge in [-0.05, 0) is 31.2 Å². The minimum Gasteiger partial charge on any atom is -0.394 e. The molecule has 0 bridgehead atoms. The third-order valence-corrected chi connectivity index (χ3v) is 3.89. The second-order valence-electron chi connectivity index (χ2n) is 5.84. The zero-order valence-corrected chi connectivity index (χ0v) is 12.3. The molecule has 2 amide bonds. The highest BCUT2D eigenvalue weighted by atomic mass is 16.3. The van der Waals surface area contributed by atoms with Crippen molar-refractivity contribution in [3.05, 3.63) is 35.9 Å². The predicted molar refractivity (Wildman–Crippen MR) is 79.5 cm³/mol. The molecule has 1 fully saturated rings. The highest BCUT2D eigenvalue weighted by Gasteiger charge is 2.42. The van der Waals surface area contributed by atoms with E-state index in [0.717, 1.165) is 18.4 Å². The van der Waals surface area contributed by atoms with Crippen molar-refractivity contribution in [2.24, 2.45) is 5.92 Å². The van der Waals surface area contributed by atoms with Crippen LogP contribution in [0.25, 0.3) is 0 Å². The molecule has 0 aliphatic heterocycles. The van der Waals surface area contributed by atoms with Gasteiger partial charge < -0.3 is 15.7 Å². The van der Waals surface area contributed by atoms with Gasteiger partial charge >= 0.3 is 0 Å². The number of aliphatic hydroxyl groups excluding tert-OH is 1. The van der Waals surface area contributed by atoms with Gasteiger partial charge in [-0.3, -0.25) is 9.59 Å². The highest BCUT2D eigenvalue weighted by Crippen LogP contribution is 2.39. The average molecular weight is 290 g/mol. The monoisotopic (exact) mass is 290 g/mol. The maximum atomic E-state index is 11.9. The lowest BCUT2D eigenvalue weighted by atomic mass is 9.97. The van der Waals surface area contributed by atoms with E-state index in [-0.39, 0.29) is 31.4 Å². The molecule has 1 atom stereocenters. The molecule has 0 radical (unpaired) electrons. The minimum absolute atomic E-state index is 0.0615. The van der Waals surface area contributed by atoms with E-state index in [1.165, 1.54) is 0 Å². The molecule has 0 heterocycles. The van der Waals surface area contributed by atoms with Gasteiger partial charge in [-0.2, -0.15) is 0 Å². The van der Waals surface area contributed by atoms with Crippen LogP contribution < -0.4 is 10.6 Å². The predicted octanol–water partition coefficient (Wildman–Crippen LogP) is 0.623. The molecule has 0 saturated heterocycles. The van der Waals surface area contributed by atoms with Crippen LogP contribution >= 0.6 is 0 Å². The normalized spacial score (nSPS) is 16.9. The zero-order chi connectivity index (χ0) is 15.3. The lowest BCUT2D eigenvalue weighted by molar-refractivity contribution is -0.127. The van der Waals surface area contributed by atoms with E-state index >= 15 is 0 Å². The van der Waals surface area contributed by atoms with Crippen LogP contribution in [0.5, 0.6) is 0 Å². The van der Waals surface area contributed by atoms with E-state index < -0.39 is 5.54 Å². The van der Waals surface area contributed by atoms with Crippen LogP contribution in [0.1, 0.15) is 25.3 Å². The SMILES string of the molecule is CC(CO)(NC(=O)CNC(=O)Cc1ccccc1)C1CC1. The van der Waals surface area contributed by atoms with Crippen molar-refractivity contribution in [1.82, 2.24) is 10.6 Å². The maximum absolute atomic E-state index is 11.9. The number of hydrogen-bond donors (Lipinski definition) is 3. The van der Waals surface area contributed by atoms with Gasteiger partial charge in [0, 0.05) is 0 Å². The summed E-state index contributed by atoms with van der Waals surface area (Å²) in [5.41, 5.74) is 0.343. The van der Waals surface area contributed by atoms with Crippen molar-refractivity contribution in [2.45, 2.75) is 31.7 Å². The van der Waals surface area contributed by atoms with Crippen molar-refractivity contribution in [1.29, 1.82) is 0 Å². The number of carbonyl (C=O) groups is 2. The number of hydrogen-bond acceptors (Lipinski definition) is 3. The molecule has 21 heavy (non-hydrogen) atoms. The molecule has 5 nitrogen and oxygen atoms in total. The lowest BCUT2D eigenvalue weighted by Crippen LogP contribution is -2.53. The third-order valence-electron chi connectivity index (χ3n) is 3.89. The Morgan fingerprint density at radius 3 is 2.48 bits per heavy atom. The van der Waals surface area contributed by atoms with Gasteiger partial charge in [0.1, 0.15) is 0 Å².